The Morgan fingerprint density at radius 3 is 2.06 bits per heavy atom. The summed E-state index contributed by atoms with van der Waals surface area (Å²) in [5.74, 6) is 0.0789. The quantitative estimate of drug-likeness (QED) is 0.239. The maximum atomic E-state index is 13.4. The Labute approximate surface area is 206 Å². The van der Waals surface area contributed by atoms with Crippen LogP contribution in [0.1, 0.15) is 17.2 Å². The van der Waals surface area contributed by atoms with E-state index in [1.54, 1.807) is 80.9 Å². The second-order valence-electron chi connectivity index (χ2n) is 8.11. The summed E-state index contributed by atoms with van der Waals surface area (Å²) in [6, 6.07) is 17.9. The van der Waals surface area contributed by atoms with Crippen LogP contribution in [0.2, 0.25) is 0 Å². The van der Waals surface area contributed by atoms with Crippen LogP contribution in [0.4, 0.5) is 5.95 Å². The highest BCUT2D eigenvalue weighted by Gasteiger charge is 2.48. The zero-order chi connectivity index (χ0) is 25.4. The minimum absolute atomic E-state index is 0.0478. The molecule has 36 heavy (non-hydrogen) atoms. The average molecular weight is 485 g/mol. The number of aliphatic hydroxyl groups is 1. The first-order valence-corrected chi connectivity index (χ1v) is 11.1. The third kappa shape index (κ3) is 3.80. The van der Waals surface area contributed by atoms with Crippen molar-refractivity contribution in [1.29, 1.82) is 0 Å². The highest BCUT2D eigenvalue weighted by Crippen LogP contribution is 2.42. The predicted molar refractivity (Wildman–Crippen MR) is 133 cm³/mol. The molecule has 1 amide bonds. The van der Waals surface area contributed by atoms with Gasteiger partial charge in [-0.2, -0.15) is 0 Å². The lowest BCUT2D eigenvalue weighted by Crippen LogP contribution is -2.30. The molecule has 1 aliphatic heterocycles. The van der Waals surface area contributed by atoms with E-state index in [0.717, 1.165) is 0 Å². The second kappa shape index (κ2) is 9.10. The number of Topliss-reactive ketones (excluding diaryl/α,β-unsaturated/α-hetero) is 1. The van der Waals surface area contributed by atoms with Gasteiger partial charge in [0.25, 0.3) is 5.78 Å². The van der Waals surface area contributed by atoms with Crippen molar-refractivity contribution in [3.63, 3.8) is 0 Å². The smallest absolute Gasteiger partial charge is 0.302 e. The van der Waals surface area contributed by atoms with Gasteiger partial charge in [0.1, 0.15) is 23.0 Å². The molecule has 182 valence electrons. The molecule has 0 radical (unpaired) electrons. The van der Waals surface area contributed by atoms with Crippen LogP contribution in [0.25, 0.3) is 16.8 Å². The van der Waals surface area contributed by atoms with Gasteiger partial charge in [0.05, 0.1) is 44.0 Å². The molecule has 1 atom stereocenters. The van der Waals surface area contributed by atoms with Gasteiger partial charge >= 0.3 is 5.91 Å². The van der Waals surface area contributed by atoms with Gasteiger partial charge in [-0.25, -0.2) is 4.98 Å². The fourth-order valence-corrected chi connectivity index (χ4v) is 4.27. The molecule has 1 aromatic heterocycles. The van der Waals surface area contributed by atoms with Crippen molar-refractivity contribution in [3.05, 3.63) is 83.4 Å². The zero-order valence-electron chi connectivity index (χ0n) is 19.8. The van der Waals surface area contributed by atoms with Crippen molar-refractivity contribution >= 4 is 34.4 Å². The average Bonchev–Trinajstić information content (AvgIpc) is 3.45. The number of carbonyl (C=O) groups is 2. The molecule has 0 bridgehead atoms. The summed E-state index contributed by atoms with van der Waals surface area (Å²) < 4.78 is 15.7. The molecule has 0 aliphatic carbocycles. The van der Waals surface area contributed by atoms with Crippen LogP contribution in [0, 0.1) is 0 Å². The van der Waals surface area contributed by atoms with Gasteiger partial charge < -0.3 is 24.3 Å². The number of hydrogen-bond donors (Lipinski definition) is 2. The molecule has 4 aromatic rings. The molecule has 1 unspecified atom stereocenters. The predicted octanol–water partition coefficient (Wildman–Crippen LogP) is 4.22. The number of amides is 1. The Morgan fingerprint density at radius 1 is 0.861 bits per heavy atom. The van der Waals surface area contributed by atoms with Crippen LogP contribution in [0.3, 0.4) is 0 Å². The largest absolute Gasteiger partial charge is 0.507 e. The first-order valence-electron chi connectivity index (χ1n) is 11.1. The normalized spacial score (nSPS) is 17.0. The lowest BCUT2D eigenvalue weighted by atomic mass is 9.95. The number of aromatic nitrogens is 2. The Balaban J connectivity index is 1.69. The highest BCUT2D eigenvalue weighted by atomic mass is 16.5. The Bertz CT molecular complexity index is 1490. The Hall–Kier alpha value is -4.79. The number of fused-ring (bicyclic) bond motifs is 1. The summed E-state index contributed by atoms with van der Waals surface area (Å²) in [4.78, 5) is 35.6. The number of anilines is 1. The maximum absolute atomic E-state index is 13.4. The molecule has 1 saturated heterocycles. The number of ketones is 1. The van der Waals surface area contributed by atoms with Crippen LogP contribution >= 0.6 is 0 Å². The molecule has 9 heteroatoms. The molecule has 9 nitrogen and oxygen atoms in total. The van der Waals surface area contributed by atoms with E-state index in [1.165, 1.54) is 12.0 Å². The summed E-state index contributed by atoms with van der Waals surface area (Å²) in [6.07, 6.45) is 0. The van der Waals surface area contributed by atoms with E-state index in [2.05, 4.69) is 9.97 Å². The summed E-state index contributed by atoms with van der Waals surface area (Å²) >= 11 is 0. The first-order chi connectivity index (χ1) is 17.4. The minimum atomic E-state index is -0.930. The molecule has 1 aliphatic rings. The number of rotatable bonds is 6. The van der Waals surface area contributed by atoms with Crippen molar-refractivity contribution in [2.24, 2.45) is 0 Å². The molecular formula is C27H23N3O6. The number of aliphatic hydroxyl groups excluding tert-OH is 1. The van der Waals surface area contributed by atoms with E-state index in [4.69, 9.17) is 14.2 Å². The Kier molecular flexibility index (Phi) is 5.81. The van der Waals surface area contributed by atoms with E-state index in [0.29, 0.717) is 39.4 Å². The van der Waals surface area contributed by atoms with E-state index < -0.39 is 17.7 Å². The van der Waals surface area contributed by atoms with E-state index in [9.17, 15) is 14.7 Å². The lowest BCUT2D eigenvalue weighted by molar-refractivity contribution is -0.132. The summed E-state index contributed by atoms with van der Waals surface area (Å²) in [6.45, 7) is 0. The molecule has 1 fully saturated rings. The third-order valence-corrected chi connectivity index (χ3v) is 6.14. The first kappa shape index (κ1) is 23.0. The van der Waals surface area contributed by atoms with Gasteiger partial charge in [0.15, 0.2) is 0 Å². The van der Waals surface area contributed by atoms with Crippen LogP contribution in [-0.2, 0) is 9.59 Å². The topological polar surface area (TPSA) is 114 Å². The van der Waals surface area contributed by atoms with Gasteiger partial charge in [0, 0.05) is 11.6 Å². The third-order valence-electron chi connectivity index (χ3n) is 6.14. The van der Waals surface area contributed by atoms with Crippen LogP contribution in [0.15, 0.2) is 72.3 Å². The minimum Gasteiger partial charge on any atom is -0.507 e. The molecule has 2 heterocycles. The number of imidazole rings is 1. The van der Waals surface area contributed by atoms with E-state index in [1.807, 2.05) is 0 Å². The maximum Gasteiger partial charge on any atom is 0.302 e. The van der Waals surface area contributed by atoms with Gasteiger partial charge in [-0.05, 0) is 54.1 Å². The zero-order valence-corrected chi connectivity index (χ0v) is 19.8. The monoisotopic (exact) mass is 485 g/mol. The number of H-pyrrole nitrogens is 1. The number of nitrogens with one attached hydrogen (secondary N) is 1. The fraction of sp³-hybridized carbons (Fsp3) is 0.148. The van der Waals surface area contributed by atoms with Crippen molar-refractivity contribution in [2.75, 3.05) is 26.2 Å². The Morgan fingerprint density at radius 2 is 1.44 bits per heavy atom. The van der Waals surface area contributed by atoms with E-state index >= 15 is 0 Å². The van der Waals surface area contributed by atoms with Crippen LogP contribution < -0.4 is 19.1 Å². The molecule has 3 aromatic carbocycles. The molecular weight excluding hydrogens is 462 g/mol. The number of carbonyl (C=O) groups excluding carboxylic acids is 2. The number of aromatic amines is 1. The van der Waals surface area contributed by atoms with Crippen molar-refractivity contribution < 1.29 is 28.9 Å². The fourth-order valence-electron chi connectivity index (χ4n) is 4.27. The molecule has 0 saturated carbocycles. The standard InChI is InChI=1S/C27H23N3O6/c1-34-17-8-4-15(5-9-17)23-22(24(31)16-6-10-18(35-2)11-7-16)25(32)26(33)30(23)27-28-20-13-12-19(36-3)14-21(20)29-27/h4-14,23,31H,1-3H3,(H,28,29)/b24-22+. The SMILES string of the molecule is COc1ccc(/C(O)=C2\C(=O)C(=O)N(c3nc4ccc(OC)cc4[nH]3)C2c2ccc(OC)cc2)cc1. The second-order valence-corrected chi connectivity index (χ2v) is 8.11. The number of hydrogen-bond acceptors (Lipinski definition) is 7. The van der Waals surface area contributed by atoms with Gasteiger partial charge in [-0.1, -0.05) is 12.1 Å². The van der Waals surface area contributed by atoms with Crippen LogP contribution in [0.5, 0.6) is 17.2 Å². The molecule has 5 rings (SSSR count). The number of benzene rings is 3. The number of ether oxygens (including phenoxy) is 3. The van der Waals surface area contributed by atoms with Gasteiger partial charge in [-0.15, -0.1) is 0 Å². The van der Waals surface area contributed by atoms with Gasteiger partial charge in [-0.3, -0.25) is 14.5 Å². The van der Waals surface area contributed by atoms with Gasteiger partial charge in [0.2, 0.25) is 5.95 Å². The van der Waals surface area contributed by atoms with Crippen molar-refractivity contribution in [3.8, 4) is 17.2 Å². The summed E-state index contributed by atoms with van der Waals surface area (Å²) in [5, 5.41) is 11.2. The lowest BCUT2D eigenvalue weighted by Gasteiger charge is -2.23. The summed E-state index contributed by atoms with van der Waals surface area (Å²) in [5.41, 5.74) is 2.16. The number of nitrogens with zero attached hydrogens (tertiary/aromatic N) is 2. The van der Waals surface area contributed by atoms with Crippen molar-refractivity contribution in [2.45, 2.75) is 6.04 Å². The van der Waals surface area contributed by atoms with Crippen molar-refractivity contribution in [1.82, 2.24) is 9.97 Å². The highest BCUT2D eigenvalue weighted by molar-refractivity contribution is 6.51. The molecule has 2 N–H and O–H groups in total. The number of methoxy groups -OCH3 is 3. The molecule has 0 spiro atoms. The summed E-state index contributed by atoms with van der Waals surface area (Å²) in [7, 11) is 4.64. The van der Waals surface area contributed by atoms with Crippen LogP contribution in [-0.4, -0.2) is 48.1 Å². The van der Waals surface area contributed by atoms with E-state index in [-0.39, 0.29) is 17.3 Å².